The van der Waals surface area contributed by atoms with Gasteiger partial charge in [0.25, 0.3) is 0 Å². The van der Waals surface area contributed by atoms with E-state index in [4.69, 9.17) is 39.6 Å². The van der Waals surface area contributed by atoms with Crippen molar-refractivity contribution in [2.24, 2.45) is 16.6 Å². The first-order chi connectivity index (χ1) is 21.6. The van der Waals surface area contributed by atoms with Crippen LogP contribution < -0.4 is 11.1 Å². The smallest absolute Gasteiger partial charge is 0.329 e. The molecule has 10 unspecified atom stereocenters. The fourth-order valence-corrected chi connectivity index (χ4v) is 8.29. The number of aliphatic hydroxyl groups excluding tert-OH is 1. The molecule has 2 saturated heterocycles. The Kier molecular flexibility index (Phi) is 13.6. The Hall–Kier alpha value is -1.46. The number of carboxylic acid groups (broad SMARTS) is 2. The van der Waals surface area contributed by atoms with Crippen molar-refractivity contribution in [2.75, 3.05) is 53.8 Å². The van der Waals surface area contributed by atoms with E-state index in [1.807, 2.05) is 34.6 Å². The van der Waals surface area contributed by atoms with Gasteiger partial charge in [0.2, 0.25) is 0 Å². The van der Waals surface area contributed by atoms with Crippen LogP contribution >= 0.6 is 0 Å². The molecule has 0 saturated carbocycles. The quantitative estimate of drug-likeness (QED) is 0.138. The van der Waals surface area contributed by atoms with Gasteiger partial charge in [-0.25, -0.2) is 4.79 Å². The fourth-order valence-electron chi connectivity index (χ4n) is 8.29. The number of nitrogens with one attached hydrogen (secondary N) is 1. The second-order valence-corrected chi connectivity index (χ2v) is 15.6. The minimum atomic E-state index is -1.40. The summed E-state index contributed by atoms with van der Waals surface area (Å²) in [7, 11) is 3.07. The first-order valence-corrected chi connectivity index (χ1v) is 16.5. The van der Waals surface area contributed by atoms with Crippen LogP contribution in [0.15, 0.2) is 0 Å². The monoisotopic (exact) mass is 694 g/mol. The lowest BCUT2D eigenvalue weighted by Gasteiger charge is -2.69. The number of nitrogens with two attached hydrogens (primary N) is 1. The van der Waals surface area contributed by atoms with Gasteiger partial charge in [-0.3, -0.25) is 10.1 Å². The van der Waals surface area contributed by atoms with Crippen molar-refractivity contribution in [3.8, 4) is 0 Å². The second-order valence-electron chi connectivity index (χ2n) is 15.6. The third-order valence-electron chi connectivity index (χ3n) is 13.3. The van der Waals surface area contributed by atoms with Crippen LogP contribution in [0.25, 0.3) is 0 Å². The van der Waals surface area contributed by atoms with Gasteiger partial charge in [0.05, 0.1) is 66.5 Å². The highest BCUT2D eigenvalue weighted by Gasteiger charge is 2.74. The normalized spacial score (nSPS) is 46.0. The maximum Gasteiger partial charge on any atom is 0.329 e. The molecule has 2 aliphatic heterocycles. The highest BCUT2D eigenvalue weighted by atomic mass is 16.6. The first-order valence-electron chi connectivity index (χ1n) is 16.5. The number of hydrogen-bond acceptors (Lipinski definition) is 12. The van der Waals surface area contributed by atoms with Gasteiger partial charge in [-0.15, -0.1) is 0 Å². The molecule has 284 valence electrons. The Labute approximate surface area is 287 Å². The van der Waals surface area contributed by atoms with Crippen molar-refractivity contribution in [2.45, 2.75) is 141 Å². The summed E-state index contributed by atoms with van der Waals surface area (Å²) in [5.74, 6) is -2.08. The molecule has 0 radical (unpaired) electrons. The van der Waals surface area contributed by atoms with Crippen molar-refractivity contribution in [3.05, 3.63) is 0 Å². The molecule has 2 rings (SSSR count). The summed E-state index contributed by atoms with van der Waals surface area (Å²) in [6.45, 7) is 21.0. The van der Waals surface area contributed by atoms with Crippen molar-refractivity contribution >= 4 is 11.9 Å². The summed E-state index contributed by atoms with van der Waals surface area (Å²) in [4.78, 5) is 21.9. The molecular formula is C34H66N2O12. The van der Waals surface area contributed by atoms with Crippen LogP contribution in [-0.4, -0.2) is 136 Å². The zero-order chi connectivity index (χ0) is 38.1. The van der Waals surface area contributed by atoms with Crippen LogP contribution in [0.3, 0.4) is 0 Å². The van der Waals surface area contributed by atoms with E-state index in [-0.39, 0.29) is 33.0 Å². The number of carboxylic acids is 2. The highest BCUT2D eigenvalue weighted by molar-refractivity contribution is 5.69. The Morgan fingerprint density at radius 3 is 1.52 bits per heavy atom. The van der Waals surface area contributed by atoms with Crippen molar-refractivity contribution in [1.29, 1.82) is 0 Å². The second kappa shape index (κ2) is 14.6. The molecule has 2 heterocycles. The number of carbonyl (C=O) groups is 2. The molecule has 0 bridgehead atoms. The summed E-state index contributed by atoms with van der Waals surface area (Å²) in [6.07, 6.45) is 1.10. The SMILES string of the molecule is CCC1(C)C(C)(CO)OC(C)(COC)C(C)(NCC(=O)O)C1(C)O.CCC1(C)C(C)(COCC(=O)O)OC(C)(COC)C(C)(N)C1(C)O. The van der Waals surface area contributed by atoms with Crippen molar-refractivity contribution < 1.29 is 58.8 Å². The lowest BCUT2D eigenvalue weighted by Crippen LogP contribution is -2.85. The summed E-state index contributed by atoms with van der Waals surface area (Å²) < 4.78 is 28.7. The van der Waals surface area contributed by atoms with Gasteiger partial charge in [-0.05, 0) is 68.2 Å². The van der Waals surface area contributed by atoms with Gasteiger partial charge >= 0.3 is 11.9 Å². The molecule has 2 aliphatic rings. The number of methoxy groups -OCH3 is 2. The van der Waals surface area contributed by atoms with E-state index in [1.165, 1.54) is 7.11 Å². The predicted octanol–water partition coefficient (Wildman–Crippen LogP) is 1.94. The average molecular weight is 695 g/mol. The lowest BCUT2D eigenvalue weighted by molar-refractivity contribution is -0.357. The van der Waals surface area contributed by atoms with Crippen molar-refractivity contribution in [1.82, 2.24) is 5.32 Å². The third kappa shape index (κ3) is 6.67. The molecule has 0 aliphatic carbocycles. The number of aliphatic carboxylic acids is 2. The van der Waals surface area contributed by atoms with Gasteiger partial charge in [0, 0.05) is 25.0 Å². The zero-order valence-electron chi connectivity index (χ0n) is 31.8. The van der Waals surface area contributed by atoms with E-state index >= 15 is 0 Å². The van der Waals surface area contributed by atoms with E-state index in [2.05, 4.69) is 5.32 Å². The number of ether oxygens (including phenoxy) is 5. The highest BCUT2D eigenvalue weighted by Crippen LogP contribution is 2.60. The Morgan fingerprint density at radius 1 is 0.688 bits per heavy atom. The Balaban J connectivity index is 0.000000480. The molecule has 0 amide bonds. The number of rotatable bonds is 14. The molecule has 14 nitrogen and oxygen atoms in total. The van der Waals surface area contributed by atoms with Crippen LogP contribution in [0.5, 0.6) is 0 Å². The summed E-state index contributed by atoms with van der Waals surface area (Å²) >= 11 is 0. The molecule has 0 aromatic rings. The number of aliphatic hydroxyl groups is 3. The standard InChI is InChI=1S/2C17H33NO6/c1-8-13(2)14(3,11-23-9-12(19)20)24-15(4,10-22-7)16(5,18)17(13,6)21;1-8-13(2)14(3,10-19)24-15(4,11-23-7)16(5,17(13,6)22)18-9-12(20)21/h21H,8-11,18H2,1-7H3,(H,19,20);18-19,22H,8-11H2,1-7H3,(H,20,21). The van der Waals surface area contributed by atoms with Crippen LogP contribution in [0.2, 0.25) is 0 Å². The van der Waals surface area contributed by atoms with E-state index in [0.29, 0.717) is 12.8 Å². The zero-order valence-corrected chi connectivity index (χ0v) is 31.8. The molecule has 48 heavy (non-hydrogen) atoms. The molecule has 8 N–H and O–H groups in total. The first kappa shape index (κ1) is 44.6. The van der Waals surface area contributed by atoms with Crippen LogP contribution in [0.4, 0.5) is 0 Å². The fraction of sp³-hybridized carbons (Fsp3) is 0.941. The third-order valence-corrected chi connectivity index (χ3v) is 13.3. The van der Waals surface area contributed by atoms with Gasteiger partial charge in [0.15, 0.2) is 0 Å². The van der Waals surface area contributed by atoms with Gasteiger partial charge in [-0.2, -0.15) is 0 Å². The van der Waals surface area contributed by atoms with Crippen LogP contribution in [0.1, 0.15) is 95.9 Å². The van der Waals surface area contributed by atoms with E-state index < -0.39 is 74.1 Å². The molecule has 10 atom stereocenters. The molecule has 0 aromatic carbocycles. The largest absolute Gasteiger partial charge is 0.480 e. The summed E-state index contributed by atoms with van der Waals surface area (Å²) in [6, 6.07) is 0. The maximum absolute atomic E-state index is 11.7. The van der Waals surface area contributed by atoms with Crippen molar-refractivity contribution in [3.63, 3.8) is 0 Å². The topological polar surface area (TPSA) is 219 Å². The molecule has 2 fully saturated rings. The van der Waals surface area contributed by atoms with E-state index in [9.17, 15) is 24.9 Å². The minimum absolute atomic E-state index is 0.0230. The average Bonchev–Trinajstić information content (AvgIpc) is 2.97. The summed E-state index contributed by atoms with van der Waals surface area (Å²) in [5, 5.41) is 54.1. The lowest BCUT2D eigenvalue weighted by atomic mass is 9.50. The summed E-state index contributed by atoms with van der Waals surface area (Å²) in [5.41, 5.74) is -3.99. The molecular weight excluding hydrogens is 628 g/mol. The Bertz CT molecular complexity index is 1130. The van der Waals surface area contributed by atoms with E-state index in [0.717, 1.165) is 0 Å². The Morgan fingerprint density at radius 2 is 1.12 bits per heavy atom. The minimum Gasteiger partial charge on any atom is -0.480 e. The van der Waals surface area contributed by atoms with Crippen LogP contribution in [-0.2, 0) is 33.3 Å². The van der Waals surface area contributed by atoms with E-state index in [1.54, 1.807) is 55.6 Å². The number of hydrogen-bond donors (Lipinski definition) is 7. The van der Waals surface area contributed by atoms with Gasteiger partial charge in [-0.1, -0.05) is 27.7 Å². The maximum atomic E-state index is 11.7. The molecule has 0 aromatic heterocycles. The predicted molar refractivity (Wildman–Crippen MR) is 180 cm³/mol. The van der Waals surface area contributed by atoms with Gasteiger partial charge in [0.1, 0.15) is 17.8 Å². The molecule has 0 spiro atoms. The van der Waals surface area contributed by atoms with Gasteiger partial charge < -0.3 is 55.0 Å². The molecule has 14 heteroatoms. The van der Waals surface area contributed by atoms with Crippen LogP contribution in [0, 0.1) is 10.8 Å².